The number of aryl methyl sites for hydroxylation is 1. The first-order valence-electron chi connectivity index (χ1n) is 29.3. The Kier molecular flexibility index (Phi) is 17.2. The third-order valence-corrected chi connectivity index (χ3v) is 18.3. The number of ether oxygens (including phenoxy) is 2. The summed E-state index contributed by atoms with van der Waals surface area (Å²) in [4.78, 5) is 63.4. The lowest BCUT2D eigenvalue weighted by Gasteiger charge is -2.53. The van der Waals surface area contributed by atoms with Gasteiger partial charge in [-0.2, -0.15) is 18.3 Å². The molecule has 2 saturated carbocycles. The lowest BCUT2D eigenvalue weighted by atomic mass is 9.56. The van der Waals surface area contributed by atoms with E-state index in [4.69, 9.17) is 14.6 Å². The molecule has 18 heteroatoms. The highest BCUT2D eigenvalue weighted by Crippen LogP contribution is 2.54. The molecule has 2 unspecified atom stereocenters. The minimum Gasteiger partial charge on any atom is -0.494 e. The van der Waals surface area contributed by atoms with Gasteiger partial charge in [-0.05, 0) is 186 Å². The number of piperidine rings is 1. The molecule has 4 heterocycles. The van der Waals surface area contributed by atoms with Gasteiger partial charge in [0.15, 0.2) is 0 Å². The van der Waals surface area contributed by atoms with Gasteiger partial charge in [-0.3, -0.25) is 23.9 Å². The number of likely N-dealkylation sites (tertiary alicyclic amines) is 1. The Morgan fingerprint density at radius 2 is 1.64 bits per heavy atom. The summed E-state index contributed by atoms with van der Waals surface area (Å²) < 4.78 is 53.8. The summed E-state index contributed by atoms with van der Waals surface area (Å²) in [6, 6.07) is 19.1. The number of methoxy groups -OCH3 is 1. The second-order valence-corrected chi connectivity index (χ2v) is 24.9. The molecular weight excluding hydrogens is 1040 g/mol. The lowest BCUT2D eigenvalue weighted by molar-refractivity contribution is -0.147. The van der Waals surface area contributed by atoms with E-state index in [0.29, 0.717) is 47.2 Å². The van der Waals surface area contributed by atoms with Crippen molar-refractivity contribution in [3.63, 3.8) is 0 Å². The number of hydrogen-bond donors (Lipinski definition) is 4. The summed E-state index contributed by atoms with van der Waals surface area (Å²) in [5.41, 5.74) is 3.74. The number of benzene rings is 3. The van der Waals surface area contributed by atoms with Crippen LogP contribution in [-0.2, 0) is 39.9 Å². The Balaban J connectivity index is 0.675. The summed E-state index contributed by atoms with van der Waals surface area (Å²) in [6.45, 7) is 11.8. The average molecular weight is 1120 g/mol. The maximum absolute atomic E-state index is 14.8. The van der Waals surface area contributed by atoms with Gasteiger partial charge in [-0.25, -0.2) is 4.98 Å². The van der Waals surface area contributed by atoms with Crippen LogP contribution in [0.1, 0.15) is 155 Å². The highest BCUT2D eigenvalue weighted by atomic mass is 19.4. The molecule has 2 aromatic heterocycles. The Morgan fingerprint density at radius 1 is 0.877 bits per heavy atom. The van der Waals surface area contributed by atoms with Gasteiger partial charge in [0.05, 0.1) is 43.0 Å². The molecular formula is C63H80F3N9O6. The second kappa shape index (κ2) is 24.1. The van der Waals surface area contributed by atoms with Gasteiger partial charge in [0.2, 0.25) is 17.7 Å². The number of hydrogen-bond acceptors (Lipinski definition) is 10. The van der Waals surface area contributed by atoms with Gasteiger partial charge < -0.3 is 40.5 Å². The minimum atomic E-state index is -4.67. The first-order chi connectivity index (χ1) is 38.8. The maximum Gasteiger partial charge on any atom is 0.433 e. The van der Waals surface area contributed by atoms with Gasteiger partial charge in [0, 0.05) is 37.2 Å². The number of amides is 4. The van der Waals surface area contributed by atoms with Gasteiger partial charge in [0.25, 0.3) is 5.91 Å². The maximum atomic E-state index is 14.8. The van der Waals surface area contributed by atoms with Crippen molar-refractivity contribution < 1.29 is 41.8 Å². The minimum absolute atomic E-state index is 0.134. The summed E-state index contributed by atoms with van der Waals surface area (Å²) in [5.74, 6) is 0.958. The van der Waals surface area contributed by atoms with Crippen LogP contribution in [0, 0.1) is 22.7 Å². The number of anilines is 1. The van der Waals surface area contributed by atoms with Crippen molar-refractivity contribution >= 4 is 40.2 Å². The number of nitrogens with zero attached hydrogens (tertiary/aromatic N) is 5. The molecule has 434 valence electrons. The number of pyridine rings is 1. The molecule has 0 radical (unpaired) electrons. The molecule has 5 aromatic rings. The van der Waals surface area contributed by atoms with E-state index < -0.39 is 41.3 Å². The second-order valence-electron chi connectivity index (χ2n) is 24.9. The standard InChI is InChI=1S/C63H80F3N9O6/c1-39(67-5)57(76)71-56(61(2,3)4)60(79)74-37-44-30-47(24-21-43(44)32-53(74)59(78)69-49-16-9-14-42-13-7-8-15-48(42)49)81-29-11-12-41-34-62(35-41)25-27-73(28-26-62)36-40-19-22-46(23-20-40)75-38-45-31-52(54(80-6)33-51(45)72-75)70-58(77)50-17-10-18-55(68-50)63(64,65)66/h7-8,10,13,15,17-18,21,24,30-31,33,38-41,46,49,53,56,67H,9,11-12,14,16,19-20,22-23,25-29,32,34-37H2,1-6H3,(H,69,78)(H,70,77)(H,71,76)/t39?,40?,46?,49-,53+,56?/m1/s1. The van der Waals surface area contributed by atoms with E-state index in [1.54, 1.807) is 31.0 Å². The van der Waals surface area contributed by atoms with E-state index >= 15 is 0 Å². The third kappa shape index (κ3) is 13.2. The molecule has 4 amide bonds. The highest BCUT2D eigenvalue weighted by Gasteiger charge is 2.46. The van der Waals surface area contributed by atoms with Crippen molar-refractivity contribution in [2.75, 3.05) is 45.7 Å². The van der Waals surface area contributed by atoms with Gasteiger partial charge in [0.1, 0.15) is 35.0 Å². The zero-order valence-electron chi connectivity index (χ0n) is 47.8. The molecule has 10 rings (SSSR count). The molecule has 1 spiro atoms. The van der Waals surface area contributed by atoms with Crippen LogP contribution >= 0.6 is 0 Å². The predicted octanol–water partition coefficient (Wildman–Crippen LogP) is 10.4. The zero-order valence-corrected chi connectivity index (χ0v) is 47.8. The highest BCUT2D eigenvalue weighted by molar-refractivity contribution is 6.05. The monoisotopic (exact) mass is 1120 g/mol. The first-order valence-corrected chi connectivity index (χ1v) is 29.3. The number of aromatic nitrogens is 3. The van der Waals surface area contributed by atoms with Crippen molar-refractivity contribution in [1.82, 2.24) is 40.5 Å². The SMILES string of the molecule is CNC(C)C(=O)NC(C(=O)N1Cc2cc(OCCCC3CC4(CCN(CC5CCC(n6cc7cc(NC(=O)c8cccc(C(F)(F)F)n8)c(OC)cc7n6)CC5)CC4)C3)ccc2C[C@H]1C(=O)N[C@@H]1CCCc2ccccc21)C(C)(C)C. The van der Waals surface area contributed by atoms with Gasteiger partial charge in [-0.15, -0.1) is 0 Å². The molecule has 0 bridgehead atoms. The normalized spacial score (nSPS) is 22.0. The number of likely N-dealkylation sites (N-methyl/N-ethyl adjacent to an activating group) is 1. The fourth-order valence-electron chi connectivity index (χ4n) is 13.4. The number of alkyl halides is 3. The molecule has 81 heavy (non-hydrogen) atoms. The van der Waals surface area contributed by atoms with Crippen molar-refractivity contribution in [2.45, 2.75) is 161 Å². The van der Waals surface area contributed by atoms with E-state index in [-0.39, 0.29) is 42.0 Å². The van der Waals surface area contributed by atoms with E-state index in [1.807, 2.05) is 55.9 Å². The number of halogens is 3. The fourth-order valence-corrected chi connectivity index (χ4v) is 13.4. The van der Waals surface area contributed by atoms with Crippen LogP contribution in [0.5, 0.6) is 11.5 Å². The van der Waals surface area contributed by atoms with Crippen molar-refractivity contribution in [3.05, 3.63) is 113 Å². The molecule has 2 aliphatic heterocycles. The predicted molar refractivity (Wildman–Crippen MR) is 305 cm³/mol. The number of carbonyl (C=O) groups excluding carboxylic acids is 4. The third-order valence-electron chi connectivity index (χ3n) is 18.3. The molecule has 1 saturated heterocycles. The smallest absolute Gasteiger partial charge is 0.433 e. The van der Waals surface area contributed by atoms with Crippen molar-refractivity contribution in [2.24, 2.45) is 22.7 Å². The van der Waals surface area contributed by atoms with Crippen LogP contribution in [0.4, 0.5) is 18.9 Å². The number of rotatable bonds is 17. The molecule has 3 aliphatic carbocycles. The summed E-state index contributed by atoms with van der Waals surface area (Å²) in [6.07, 6.45) is 11.9. The molecule has 15 nitrogen and oxygen atoms in total. The molecule has 3 fully saturated rings. The van der Waals surface area contributed by atoms with Crippen LogP contribution < -0.4 is 30.7 Å². The van der Waals surface area contributed by atoms with E-state index in [9.17, 15) is 32.3 Å². The lowest BCUT2D eigenvalue weighted by Crippen LogP contribution is -2.62. The zero-order chi connectivity index (χ0) is 57.2. The average Bonchev–Trinajstić information content (AvgIpc) is 4.07. The Bertz CT molecular complexity index is 3080. The van der Waals surface area contributed by atoms with E-state index in [2.05, 4.69) is 49.4 Å². The Morgan fingerprint density at radius 3 is 2.37 bits per heavy atom. The number of fused-ring (bicyclic) bond motifs is 3. The largest absolute Gasteiger partial charge is 0.494 e. The van der Waals surface area contributed by atoms with Gasteiger partial charge in [-0.1, -0.05) is 57.2 Å². The Labute approximate surface area is 473 Å². The van der Waals surface area contributed by atoms with Crippen molar-refractivity contribution in [3.8, 4) is 11.5 Å². The summed E-state index contributed by atoms with van der Waals surface area (Å²) >= 11 is 0. The fraction of sp³-hybridized carbons (Fsp3) is 0.556. The molecule has 5 aliphatic rings. The van der Waals surface area contributed by atoms with Crippen LogP contribution in [0.2, 0.25) is 0 Å². The summed E-state index contributed by atoms with van der Waals surface area (Å²) in [5, 5.41) is 17.7. The topological polar surface area (TPSA) is 172 Å². The van der Waals surface area contributed by atoms with Crippen molar-refractivity contribution in [1.29, 1.82) is 0 Å². The van der Waals surface area contributed by atoms with Crippen LogP contribution in [0.3, 0.4) is 0 Å². The number of nitrogens with one attached hydrogen (secondary N) is 4. The van der Waals surface area contributed by atoms with Crippen LogP contribution in [0.25, 0.3) is 10.9 Å². The van der Waals surface area contributed by atoms with Crippen LogP contribution in [0.15, 0.2) is 79.0 Å². The summed E-state index contributed by atoms with van der Waals surface area (Å²) in [7, 11) is 3.18. The number of carbonyl (C=O) groups is 4. The van der Waals surface area contributed by atoms with E-state index in [0.717, 1.165) is 117 Å². The van der Waals surface area contributed by atoms with Gasteiger partial charge >= 0.3 is 6.18 Å². The molecule has 4 N–H and O–H groups in total. The first kappa shape index (κ1) is 57.7. The quantitative estimate of drug-likeness (QED) is 0.0657. The molecule has 4 atom stereocenters. The Hall–Kier alpha value is -6.53. The van der Waals surface area contributed by atoms with Crippen LogP contribution in [-0.4, -0.2) is 107 Å². The van der Waals surface area contributed by atoms with E-state index in [1.165, 1.54) is 44.4 Å². The molecule has 3 aromatic carbocycles.